The Kier molecular flexibility index (Phi) is 3.72. The highest BCUT2D eigenvalue weighted by molar-refractivity contribution is 5.96. The number of halogens is 4. The quantitative estimate of drug-likeness (QED) is 0.828. The molecule has 0 bridgehead atoms. The van der Waals surface area contributed by atoms with Gasteiger partial charge in [-0.1, -0.05) is 23.8 Å². The van der Waals surface area contributed by atoms with E-state index in [1.165, 1.54) is 12.1 Å². The summed E-state index contributed by atoms with van der Waals surface area (Å²) in [6.07, 6.45) is -4.79. The molecule has 2 nitrogen and oxygen atoms in total. The van der Waals surface area contributed by atoms with Crippen molar-refractivity contribution in [2.75, 3.05) is 0 Å². The Balaban J connectivity index is 2.61. The first-order chi connectivity index (χ1) is 9.70. The molecule has 0 amide bonds. The van der Waals surface area contributed by atoms with Crippen LogP contribution in [0.2, 0.25) is 0 Å². The van der Waals surface area contributed by atoms with Gasteiger partial charge in [0.25, 0.3) is 0 Å². The highest BCUT2D eigenvalue weighted by Gasteiger charge is 2.34. The number of carboxylic acids is 1. The summed E-state index contributed by atoms with van der Waals surface area (Å²) in [5.74, 6) is -2.66. The Bertz CT molecular complexity index is 705. The lowest BCUT2D eigenvalue weighted by Crippen LogP contribution is -2.08. The van der Waals surface area contributed by atoms with E-state index in [1.54, 1.807) is 13.0 Å². The molecule has 0 aromatic heterocycles. The van der Waals surface area contributed by atoms with Crippen LogP contribution in [0, 0.1) is 12.7 Å². The molecular formula is C15H10F4O2. The van der Waals surface area contributed by atoms with E-state index in [0.29, 0.717) is 12.1 Å². The predicted molar refractivity (Wildman–Crippen MR) is 68.5 cm³/mol. The highest BCUT2D eigenvalue weighted by atomic mass is 19.4. The summed E-state index contributed by atoms with van der Waals surface area (Å²) in [5, 5.41) is 9.10. The van der Waals surface area contributed by atoms with Crippen molar-refractivity contribution in [1.29, 1.82) is 0 Å². The van der Waals surface area contributed by atoms with Gasteiger partial charge in [0.1, 0.15) is 5.82 Å². The van der Waals surface area contributed by atoms with Crippen LogP contribution >= 0.6 is 0 Å². The second-order valence-corrected chi connectivity index (χ2v) is 4.55. The molecule has 1 N–H and O–H groups in total. The van der Waals surface area contributed by atoms with Gasteiger partial charge in [0, 0.05) is 0 Å². The van der Waals surface area contributed by atoms with E-state index in [1.807, 2.05) is 0 Å². The molecule has 0 heterocycles. The Morgan fingerprint density at radius 2 is 1.76 bits per heavy atom. The van der Waals surface area contributed by atoms with Crippen molar-refractivity contribution in [2.24, 2.45) is 0 Å². The van der Waals surface area contributed by atoms with E-state index in [2.05, 4.69) is 0 Å². The molecule has 0 atom stereocenters. The van der Waals surface area contributed by atoms with Crippen molar-refractivity contribution >= 4 is 5.97 Å². The smallest absolute Gasteiger partial charge is 0.419 e. The van der Waals surface area contributed by atoms with Crippen LogP contribution in [0.4, 0.5) is 17.6 Å². The number of hydrogen-bond donors (Lipinski definition) is 1. The number of aromatic carboxylic acids is 1. The van der Waals surface area contributed by atoms with Crippen LogP contribution in [-0.4, -0.2) is 11.1 Å². The zero-order chi connectivity index (χ0) is 15.8. The van der Waals surface area contributed by atoms with Gasteiger partial charge in [-0.05, 0) is 36.2 Å². The fourth-order valence-electron chi connectivity index (χ4n) is 2.00. The molecule has 0 aliphatic rings. The van der Waals surface area contributed by atoms with Gasteiger partial charge in [-0.3, -0.25) is 0 Å². The lowest BCUT2D eigenvalue weighted by Gasteiger charge is -2.11. The first-order valence-corrected chi connectivity index (χ1v) is 5.91. The largest absolute Gasteiger partial charge is 0.478 e. The third kappa shape index (κ3) is 3.04. The summed E-state index contributed by atoms with van der Waals surface area (Å²) in [6.45, 7) is 1.70. The molecule has 2 aromatic rings. The molecule has 2 aromatic carbocycles. The maximum atomic E-state index is 13.6. The molecule has 21 heavy (non-hydrogen) atoms. The Labute approximate surface area is 117 Å². The molecule has 2 rings (SSSR count). The average Bonchev–Trinajstić information content (AvgIpc) is 2.36. The monoisotopic (exact) mass is 298 g/mol. The molecule has 0 aliphatic heterocycles. The van der Waals surface area contributed by atoms with Gasteiger partial charge in [-0.25, -0.2) is 9.18 Å². The maximum absolute atomic E-state index is 13.6. The van der Waals surface area contributed by atoms with Gasteiger partial charge in [-0.2, -0.15) is 13.2 Å². The number of alkyl halides is 3. The van der Waals surface area contributed by atoms with Gasteiger partial charge in [-0.15, -0.1) is 0 Å². The summed E-state index contributed by atoms with van der Waals surface area (Å²) >= 11 is 0. The minimum Gasteiger partial charge on any atom is -0.478 e. The molecule has 0 spiro atoms. The van der Waals surface area contributed by atoms with Crippen LogP contribution in [0.25, 0.3) is 11.1 Å². The molecular weight excluding hydrogens is 288 g/mol. The van der Waals surface area contributed by atoms with E-state index in [-0.39, 0.29) is 16.7 Å². The van der Waals surface area contributed by atoms with E-state index in [9.17, 15) is 22.4 Å². The Morgan fingerprint density at radius 3 is 2.29 bits per heavy atom. The van der Waals surface area contributed by atoms with Gasteiger partial charge < -0.3 is 5.11 Å². The second kappa shape index (κ2) is 5.20. The minimum atomic E-state index is -4.79. The fraction of sp³-hybridized carbons (Fsp3) is 0.133. The molecule has 110 valence electrons. The summed E-state index contributed by atoms with van der Waals surface area (Å²) in [6, 6.07) is 6.76. The van der Waals surface area contributed by atoms with Crippen molar-refractivity contribution < 1.29 is 27.5 Å². The van der Waals surface area contributed by atoms with Crippen molar-refractivity contribution in [3.05, 3.63) is 58.9 Å². The molecule has 0 saturated carbocycles. The summed E-state index contributed by atoms with van der Waals surface area (Å²) in [7, 11) is 0. The van der Waals surface area contributed by atoms with Gasteiger partial charge in [0.2, 0.25) is 0 Å². The standard InChI is InChI=1S/C15H10F4O2/c1-8-2-4-10(14(20)21)11(6-8)9-3-5-12(13(16)7-9)15(17,18)19/h2-7H,1H3,(H,20,21). The molecule has 0 fully saturated rings. The first kappa shape index (κ1) is 15.0. The first-order valence-electron chi connectivity index (χ1n) is 5.91. The van der Waals surface area contributed by atoms with Crippen molar-refractivity contribution in [3.8, 4) is 11.1 Å². The topological polar surface area (TPSA) is 37.3 Å². The average molecular weight is 298 g/mol. The fourth-order valence-corrected chi connectivity index (χ4v) is 2.00. The van der Waals surface area contributed by atoms with E-state index in [0.717, 1.165) is 11.6 Å². The van der Waals surface area contributed by atoms with Gasteiger partial charge >= 0.3 is 12.1 Å². The molecule has 0 radical (unpaired) electrons. The second-order valence-electron chi connectivity index (χ2n) is 4.55. The third-order valence-electron chi connectivity index (χ3n) is 2.99. The van der Waals surface area contributed by atoms with Crippen molar-refractivity contribution in [2.45, 2.75) is 13.1 Å². The van der Waals surface area contributed by atoms with E-state index in [4.69, 9.17) is 5.11 Å². The summed E-state index contributed by atoms with van der Waals surface area (Å²) in [4.78, 5) is 11.1. The molecule has 0 saturated heterocycles. The molecule has 6 heteroatoms. The summed E-state index contributed by atoms with van der Waals surface area (Å²) in [5.41, 5.74) is -0.498. The maximum Gasteiger partial charge on any atom is 0.419 e. The Hall–Kier alpha value is -2.37. The summed E-state index contributed by atoms with van der Waals surface area (Å²) < 4.78 is 51.2. The number of carbonyl (C=O) groups is 1. The van der Waals surface area contributed by atoms with Crippen LogP contribution in [-0.2, 0) is 6.18 Å². The zero-order valence-electron chi connectivity index (χ0n) is 10.8. The van der Waals surface area contributed by atoms with Gasteiger partial charge in [0.15, 0.2) is 0 Å². The number of benzene rings is 2. The van der Waals surface area contributed by atoms with Crippen LogP contribution in [0.1, 0.15) is 21.5 Å². The Morgan fingerprint density at radius 1 is 1.10 bits per heavy atom. The highest BCUT2D eigenvalue weighted by Crippen LogP contribution is 2.34. The number of hydrogen-bond acceptors (Lipinski definition) is 1. The van der Waals surface area contributed by atoms with Crippen LogP contribution in [0.5, 0.6) is 0 Å². The van der Waals surface area contributed by atoms with Crippen LogP contribution < -0.4 is 0 Å². The number of rotatable bonds is 2. The normalized spacial score (nSPS) is 11.5. The van der Waals surface area contributed by atoms with Crippen LogP contribution in [0.3, 0.4) is 0 Å². The molecule has 0 unspecified atom stereocenters. The minimum absolute atomic E-state index is 0.0848. The SMILES string of the molecule is Cc1ccc(C(=O)O)c(-c2ccc(C(F)(F)F)c(F)c2)c1. The van der Waals surface area contributed by atoms with Crippen molar-refractivity contribution in [1.82, 2.24) is 0 Å². The lowest BCUT2D eigenvalue weighted by atomic mass is 9.96. The number of carboxylic acid groups (broad SMARTS) is 1. The van der Waals surface area contributed by atoms with E-state index >= 15 is 0 Å². The van der Waals surface area contributed by atoms with Crippen molar-refractivity contribution in [3.63, 3.8) is 0 Å². The lowest BCUT2D eigenvalue weighted by molar-refractivity contribution is -0.139. The van der Waals surface area contributed by atoms with Crippen LogP contribution in [0.15, 0.2) is 36.4 Å². The van der Waals surface area contributed by atoms with Gasteiger partial charge in [0.05, 0.1) is 11.1 Å². The third-order valence-corrected chi connectivity index (χ3v) is 2.99. The molecule has 0 aliphatic carbocycles. The predicted octanol–water partition coefficient (Wildman–Crippen LogP) is 4.52. The zero-order valence-corrected chi connectivity index (χ0v) is 10.8. The van der Waals surface area contributed by atoms with E-state index < -0.39 is 23.5 Å². The number of aryl methyl sites for hydroxylation is 1.